The molecule has 0 aliphatic carbocycles. The summed E-state index contributed by atoms with van der Waals surface area (Å²) in [6.07, 6.45) is -0.949. The van der Waals surface area contributed by atoms with Crippen LogP contribution in [0.1, 0.15) is 25.3 Å². The Morgan fingerprint density at radius 1 is 1.44 bits per heavy atom. The fourth-order valence-corrected chi connectivity index (χ4v) is 2.45. The Morgan fingerprint density at radius 2 is 2.24 bits per heavy atom. The van der Waals surface area contributed by atoms with Crippen LogP contribution < -0.4 is 15.4 Å². The van der Waals surface area contributed by atoms with Crippen molar-refractivity contribution in [3.8, 4) is 5.88 Å². The second-order valence-corrected chi connectivity index (χ2v) is 6.09. The number of halogens is 3. The van der Waals surface area contributed by atoms with Gasteiger partial charge < -0.3 is 20.1 Å². The SMILES string of the molecule is CN=C(NCc1ccnc(OCC(F)(F)F)c1)NCC1(C)CCCO1. The predicted molar refractivity (Wildman–Crippen MR) is 87.6 cm³/mol. The van der Waals surface area contributed by atoms with E-state index in [4.69, 9.17) is 4.74 Å². The third-order valence-corrected chi connectivity index (χ3v) is 3.80. The van der Waals surface area contributed by atoms with Crippen molar-refractivity contribution in [1.82, 2.24) is 15.6 Å². The largest absolute Gasteiger partial charge is 0.468 e. The Kier molecular flexibility index (Phi) is 6.46. The fourth-order valence-electron chi connectivity index (χ4n) is 2.45. The summed E-state index contributed by atoms with van der Waals surface area (Å²) in [4.78, 5) is 7.90. The lowest BCUT2D eigenvalue weighted by Crippen LogP contribution is -2.45. The van der Waals surface area contributed by atoms with Crippen LogP contribution in [0.25, 0.3) is 0 Å². The highest BCUT2D eigenvalue weighted by Crippen LogP contribution is 2.23. The van der Waals surface area contributed by atoms with E-state index in [0.29, 0.717) is 19.0 Å². The number of rotatable bonds is 6. The molecule has 25 heavy (non-hydrogen) atoms. The van der Waals surface area contributed by atoms with E-state index < -0.39 is 12.8 Å². The molecule has 1 aromatic rings. The summed E-state index contributed by atoms with van der Waals surface area (Å²) < 4.78 is 46.9. The van der Waals surface area contributed by atoms with E-state index in [1.165, 1.54) is 12.3 Å². The topological polar surface area (TPSA) is 67.8 Å². The van der Waals surface area contributed by atoms with Crippen molar-refractivity contribution in [2.75, 3.05) is 26.8 Å². The first-order chi connectivity index (χ1) is 11.8. The quantitative estimate of drug-likeness (QED) is 0.602. The third-order valence-electron chi connectivity index (χ3n) is 3.80. The van der Waals surface area contributed by atoms with E-state index in [1.807, 2.05) is 6.92 Å². The standard InChI is InChI=1S/C16H23F3N4O2/c1-15(5-3-7-25-15)10-23-14(20-2)22-9-12-4-6-21-13(8-12)24-11-16(17,18)19/h4,6,8H,3,5,7,9-11H2,1-2H3,(H2,20,22,23). The number of hydrogen-bond acceptors (Lipinski definition) is 4. The summed E-state index contributed by atoms with van der Waals surface area (Å²) in [5.74, 6) is 0.526. The highest BCUT2D eigenvalue weighted by molar-refractivity contribution is 5.79. The van der Waals surface area contributed by atoms with Gasteiger partial charge in [0.05, 0.1) is 5.60 Å². The lowest BCUT2D eigenvalue weighted by molar-refractivity contribution is -0.154. The van der Waals surface area contributed by atoms with E-state index >= 15 is 0 Å². The van der Waals surface area contributed by atoms with Crippen LogP contribution in [0, 0.1) is 0 Å². The minimum Gasteiger partial charge on any atom is -0.468 e. The molecule has 1 aromatic heterocycles. The molecule has 1 saturated heterocycles. The van der Waals surface area contributed by atoms with Gasteiger partial charge in [-0.2, -0.15) is 13.2 Å². The Labute approximate surface area is 144 Å². The number of ether oxygens (including phenoxy) is 2. The maximum absolute atomic E-state index is 12.2. The van der Waals surface area contributed by atoms with Gasteiger partial charge in [-0.15, -0.1) is 0 Å². The van der Waals surface area contributed by atoms with Crippen LogP contribution >= 0.6 is 0 Å². The molecule has 0 bridgehead atoms. The summed E-state index contributed by atoms with van der Waals surface area (Å²) in [6.45, 7) is 2.46. The number of guanidine groups is 1. The minimum absolute atomic E-state index is 0.0635. The third kappa shape index (κ3) is 6.77. The van der Waals surface area contributed by atoms with Crippen LogP contribution in [-0.2, 0) is 11.3 Å². The molecule has 0 aromatic carbocycles. The number of pyridine rings is 1. The van der Waals surface area contributed by atoms with Crippen molar-refractivity contribution in [2.24, 2.45) is 4.99 Å². The molecule has 1 atom stereocenters. The molecule has 1 aliphatic rings. The second kappa shape index (κ2) is 8.37. The molecule has 1 fully saturated rings. The normalized spacial score (nSPS) is 21.2. The molecule has 140 valence electrons. The highest BCUT2D eigenvalue weighted by Gasteiger charge is 2.30. The van der Waals surface area contributed by atoms with Crippen LogP contribution in [0.3, 0.4) is 0 Å². The highest BCUT2D eigenvalue weighted by atomic mass is 19.4. The van der Waals surface area contributed by atoms with E-state index in [2.05, 4.69) is 25.3 Å². The number of nitrogens with one attached hydrogen (secondary N) is 2. The van der Waals surface area contributed by atoms with Gasteiger partial charge in [0.2, 0.25) is 5.88 Å². The van der Waals surface area contributed by atoms with Gasteiger partial charge in [0.25, 0.3) is 0 Å². The van der Waals surface area contributed by atoms with Crippen molar-refractivity contribution in [1.29, 1.82) is 0 Å². The summed E-state index contributed by atoms with van der Waals surface area (Å²) in [5, 5.41) is 6.30. The molecular weight excluding hydrogens is 337 g/mol. The van der Waals surface area contributed by atoms with Gasteiger partial charge >= 0.3 is 6.18 Å². The Bertz CT molecular complexity index is 587. The fraction of sp³-hybridized carbons (Fsp3) is 0.625. The number of aliphatic imine (C=N–C) groups is 1. The van der Waals surface area contributed by atoms with Gasteiger partial charge in [0, 0.05) is 39.0 Å². The molecule has 9 heteroatoms. The molecule has 1 aliphatic heterocycles. The van der Waals surface area contributed by atoms with Crippen LogP contribution in [0.2, 0.25) is 0 Å². The lowest BCUT2D eigenvalue weighted by atomic mass is 10.0. The van der Waals surface area contributed by atoms with Crippen molar-refractivity contribution in [3.05, 3.63) is 23.9 Å². The van der Waals surface area contributed by atoms with Gasteiger partial charge in [-0.3, -0.25) is 4.99 Å². The summed E-state index contributed by atoms with van der Waals surface area (Å²) in [7, 11) is 1.65. The number of hydrogen-bond donors (Lipinski definition) is 2. The lowest BCUT2D eigenvalue weighted by Gasteiger charge is -2.24. The van der Waals surface area contributed by atoms with Gasteiger partial charge in [-0.1, -0.05) is 0 Å². The van der Waals surface area contributed by atoms with Crippen molar-refractivity contribution >= 4 is 5.96 Å². The van der Waals surface area contributed by atoms with Crippen LogP contribution in [-0.4, -0.2) is 49.5 Å². The van der Waals surface area contributed by atoms with Gasteiger partial charge in [-0.05, 0) is 31.4 Å². The zero-order chi connectivity index (χ0) is 18.3. The smallest absolute Gasteiger partial charge is 0.422 e. The Balaban J connectivity index is 1.82. The zero-order valence-corrected chi connectivity index (χ0v) is 14.3. The maximum Gasteiger partial charge on any atom is 0.422 e. The van der Waals surface area contributed by atoms with Crippen LogP contribution in [0.5, 0.6) is 5.88 Å². The van der Waals surface area contributed by atoms with Gasteiger partial charge in [0.15, 0.2) is 12.6 Å². The van der Waals surface area contributed by atoms with Gasteiger partial charge in [0.1, 0.15) is 0 Å². The average Bonchev–Trinajstić information content (AvgIpc) is 3.00. The molecular formula is C16H23F3N4O2. The van der Waals surface area contributed by atoms with Crippen molar-refractivity contribution < 1.29 is 22.6 Å². The van der Waals surface area contributed by atoms with Gasteiger partial charge in [-0.25, -0.2) is 4.98 Å². The molecule has 0 spiro atoms. The van der Waals surface area contributed by atoms with E-state index in [1.54, 1.807) is 13.1 Å². The first-order valence-corrected chi connectivity index (χ1v) is 8.03. The molecule has 1 unspecified atom stereocenters. The minimum atomic E-state index is -4.39. The Hall–Kier alpha value is -2.03. The van der Waals surface area contributed by atoms with E-state index in [-0.39, 0.29) is 11.5 Å². The first kappa shape index (κ1) is 19.3. The monoisotopic (exact) mass is 360 g/mol. The Morgan fingerprint density at radius 3 is 2.88 bits per heavy atom. The molecule has 0 radical (unpaired) electrons. The maximum atomic E-state index is 12.2. The molecule has 0 saturated carbocycles. The van der Waals surface area contributed by atoms with Crippen molar-refractivity contribution in [2.45, 2.75) is 38.1 Å². The van der Waals surface area contributed by atoms with Crippen LogP contribution in [0.15, 0.2) is 23.3 Å². The molecule has 2 rings (SSSR count). The van der Waals surface area contributed by atoms with E-state index in [9.17, 15) is 13.2 Å². The molecule has 2 heterocycles. The number of aromatic nitrogens is 1. The number of alkyl halides is 3. The second-order valence-electron chi connectivity index (χ2n) is 6.09. The summed E-state index contributed by atoms with van der Waals surface area (Å²) in [5.41, 5.74) is 0.533. The zero-order valence-electron chi connectivity index (χ0n) is 14.3. The van der Waals surface area contributed by atoms with Crippen molar-refractivity contribution in [3.63, 3.8) is 0 Å². The first-order valence-electron chi connectivity index (χ1n) is 8.03. The summed E-state index contributed by atoms with van der Waals surface area (Å²) in [6, 6.07) is 3.16. The average molecular weight is 360 g/mol. The van der Waals surface area contributed by atoms with Crippen LogP contribution in [0.4, 0.5) is 13.2 Å². The number of nitrogens with zero attached hydrogens (tertiary/aromatic N) is 2. The summed E-state index contributed by atoms with van der Waals surface area (Å²) >= 11 is 0. The molecule has 6 nitrogen and oxygen atoms in total. The molecule has 0 amide bonds. The predicted octanol–water partition coefficient (Wildman–Crippen LogP) is 2.26. The molecule has 2 N–H and O–H groups in total. The van der Waals surface area contributed by atoms with E-state index in [0.717, 1.165) is 25.0 Å².